The van der Waals surface area contributed by atoms with Crippen LogP contribution in [0.15, 0.2) is 54.9 Å². The number of carboxylic acids is 1. The summed E-state index contributed by atoms with van der Waals surface area (Å²) in [7, 11) is 0. The number of hydrogen-bond donors (Lipinski definition) is 1. The van der Waals surface area contributed by atoms with Gasteiger partial charge in [0.2, 0.25) is 5.88 Å². The van der Waals surface area contributed by atoms with Gasteiger partial charge in [-0.25, -0.2) is 23.5 Å². The highest BCUT2D eigenvalue weighted by Gasteiger charge is 2.29. The molecule has 6 rings (SSSR count). The van der Waals surface area contributed by atoms with E-state index in [1.165, 1.54) is 0 Å². The maximum atomic E-state index is 14.0. The van der Waals surface area contributed by atoms with Gasteiger partial charge in [-0.05, 0) is 81.2 Å². The van der Waals surface area contributed by atoms with Crippen molar-refractivity contribution >= 4 is 17.0 Å². The van der Waals surface area contributed by atoms with Crippen LogP contribution in [-0.4, -0.2) is 56.3 Å². The zero-order chi connectivity index (χ0) is 28.5. The van der Waals surface area contributed by atoms with E-state index in [1.54, 1.807) is 18.5 Å². The molecule has 0 aliphatic carbocycles. The topological polar surface area (TPSA) is 89.7 Å². The minimum atomic E-state index is -0.949. The number of hydrogen-bond acceptors (Lipinski definition) is 6. The van der Waals surface area contributed by atoms with Crippen LogP contribution < -0.4 is 4.74 Å². The van der Waals surface area contributed by atoms with Gasteiger partial charge in [0.1, 0.15) is 18.2 Å². The SMILES string of the molecule is C[C@@H](c1cc2ncn(C[C@@H]3CCO3)c2cc1C(=O)O)N1CCC(c2cccc(OCc3cc(F)ccc3F)n2)CC1. The molecule has 2 aromatic heterocycles. The molecular weight excluding hydrogens is 530 g/mol. The number of aromatic nitrogens is 3. The van der Waals surface area contributed by atoms with Gasteiger partial charge < -0.3 is 19.1 Å². The highest BCUT2D eigenvalue weighted by molar-refractivity contribution is 5.94. The summed E-state index contributed by atoms with van der Waals surface area (Å²) in [5, 5.41) is 10.1. The van der Waals surface area contributed by atoms with Crippen molar-refractivity contribution in [1.82, 2.24) is 19.4 Å². The van der Waals surface area contributed by atoms with Gasteiger partial charge >= 0.3 is 5.97 Å². The summed E-state index contributed by atoms with van der Waals surface area (Å²) in [4.78, 5) is 23.8. The highest BCUT2D eigenvalue weighted by atomic mass is 19.1. The number of carbonyl (C=O) groups is 1. The normalized spacial score (nSPS) is 18.8. The number of pyridine rings is 1. The van der Waals surface area contributed by atoms with Crippen LogP contribution in [0.4, 0.5) is 8.78 Å². The summed E-state index contributed by atoms with van der Waals surface area (Å²) in [6, 6.07) is 12.4. The first-order chi connectivity index (χ1) is 19.9. The summed E-state index contributed by atoms with van der Waals surface area (Å²) >= 11 is 0. The van der Waals surface area contributed by atoms with Crippen LogP contribution in [0.3, 0.4) is 0 Å². The number of rotatable bonds is 9. The second-order valence-electron chi connectivity index (χ2n) is 10.8. The van der Waals surface area contributed by atoms with E-state index in [9.17, 15) is 18.7 Å². The Morgan fingerprint density at radius 3 is 2.68 bits per heavy atom. The Hall–Kier alpha value is -3.89. The van der Waals surface area contributed by atoms with Crippen molar-refractivity contribution in [2.45, 2.75) is 57.4 Å². The van der Waals surface area contributed by atoms with Crippen LogP contribution in [0.1, 0.15) is 65.3 Å². The molecule has 2 aliphatic heterocycles. The Balaban J connectivity index is 1.12. The lowest BCUT2D eigenvalue weighted by Gasteiger charge is -2.36. The third-order valence-corrected chi connectivity index (χ3v) is 8.29. The molecular formula is C31H32F2N4O4. The number of carboxylic acid groups (broad SMARTS) is 1. The molecule has 0 bridgehead atoms. The van der Waals surface area contributed by atoms with Crippen molar-refractivity contribution in [1.29, 1.82) is 0 Å². The van der Waals surface area contributed by atoms with Crippen molar-refractivity contribution in [3.63, 3.8) is 0 Å². The first-order valence-electron chi connectivity index (χ1n) is 14.0. The van der Waals surface area contributed by atoms with Crippen LogP contribution in [0, 0.1) is 11.6 Å². The second kappa shape index (κ2) is 11.5. The Bertz CT molecular complexity index is 1560. The van der Waals surface area contributed by atoms with Gasteiger partial charge in [0.25, 0.3) is 0 Å². The van der Waals surface area contributed by atoms with Crippen molar-refractivity contribution in [3.8, 4) is 5.88 Å². The summed E-state index contributed by atoms with van der Waals surface area (Å²) in [5.74, 6) is -1.42. The number of ether oxygens (including phenoxy) is 2. The third-order valence-electron chi connectivity index (χ3n) is 8.29. The standard InChI is InChI=1S/C31H32F2N4O4/c1-19(24-14-28-29(15-25(24)31(38)39)37(18-34-28)16-23-9-12-40-23)36-10-7-20(8-11-36)27-3-2-4-30(35-27)41-17-21-13-22(32)5-6-26(21)33/h2-6,13-15,18-20,23H,7-12,16-17H2,1H3,(H,38,39)/t19-,23-/m0/s1. The largest absolute Gasteiger partial charge is 0.478 e. The van der Waals surface area contributed by atoms with Crippen molar-refractivity contribution in [3.05, 3.63) is 88.9 Å². The molecule has 2 aromatic carbocycles. The molecule has 0 unspecified atom stereocenters. The number of imidazole rings is 1. The molecule has 214 valence electrons. The lowest BCUT2D eigenvalue weighted by atomic mass is 9.90. The molecule has 2 fully saturated rings. The molecule has 1 N–H and O–H groups in total. The quantitative estimate of drug-likeness (QED) is 0.279. The molecule has 2 aliphatic rings. The van der Waals surface area contributed by atoms with Gasteiger partial charge in [-0.1, -0.05) is 6.07 Å². The molecule has 0 saturated carbocycles. The molecule has 41 heavy (non-hydrogen) atoms. The summed E-state index contributed by atoms with van der Waals surface area (Å²) in [6.07, 6.45) is 4.61. The fourth-order valence-corrected chi connectivity index (χ4v) is 5.77. The van der Waals surface area contributed by atoms with Crippen LogP contribution >= 0.6 is 0 Å². The van der Waals surface area contributed by atoms with Crippen LogP contribution in [0.2, 0.25) is 0 Å². The fourth-order valence-electron chi connectivity index (χ4n) is 5.77. The van der Waals surface area contributed by atoms with Crippen molar-refractivity contribution in [2.24, 2.45) is 0 Å². The van der Waals surface area contributed by atoms with Gasteiger partial charge in [0, 0.05) is 35.9 Å². The zero-order valence-electron chi connectivity index (χ0n) is 22.8. The molecule has 4 aromatic rings. The van der Waals surface area contributed by atoms with E-state index in [0.29, 0.717) is 18.0 Å². The molecule has 10 heteroatoms. The predicted molar refractivity (Wildman–Crippen MR) is 148 cm³/mol. The van der Waals surface area contributed by atoms with E-state index >= 15 is 0 Å². The number of aromatic carboxylic acids is 1. The Kier molecular flexibility index (Phi) is 7.68. The summed E-state index contributed by atoms with van der Waals surface area (Å²) in [5.41, 5.74) is 3.67. The van der Waals surface area contributed by atoms with E-state index in [0.717, 1.165) is 79.4 Å². The lowest BCUT2D eigenvalue weighted by Crippen LogP contribution is -2.35. The molecule has 0 radical (unpaired) electrons. The minimum absolute atomic E-state index is 0.102. The van der Waals surface area contributed by atoms with Crippen LogP contribution in [-0.2, 0) is 17.9 Å². The van der Waals surface area contributed by atoms with Crippen molar-refractivity contribution < 1.29 is 28.2 Å². The van der Waals surface area contributed by atoms with Gasteiger partial charge in [-0.15, -0.1) is 0 Å². The van der Waals surface area contributed by atoms with E-state index in [4.69, 9.17) is 9.47 Å². The van der Waals surface area contributed by atoms with Gasteiger partial charge in [0.05, 0.1) is 35.6 Å². The van der Waals surface area contributed by atoms with E-state index < -0.39 is 17.6 Å². The van der Waals surface area contributed by atoms with Gasteiger partial charge in [0.15, 0.2) is 0 Å². The molecule has 4 heterocycles. The van der Waals surface area contributed by atoms with Crippen LogP contribution in [0.25, 0.3) is 11.0 Å². The Morgan fingerprint density at radius 1 is 1.15 bits per heavy atom. The number of piperidine rings is 1. The monoisotopic (exact) mass is 562 g/mol. The van der Waals surface area contributed by atoms with Gasteiger partial charge in [-0.2, -0.15) is 0 Å². The number of fused-ring (bicyclic) bond motifs is 1. The minimum Gasteiger partial charge on any atom is -0.478 e. The molecule has 0 amide bonds. The predicted octanol–water partition coefficient (Wildman–Crippen LogP) is 5.72. The average Bonchev–Trinajstić information content (AvgIpc) is 3.36. The first kappa shape index (κ1) is 27.3. The summed E-state index contributed by atoms with van der Waals surface area (Å²) in [6.45, 7) is 4.92. The number of halogens is 2. The molecule has 0 spiro atoms. The second-order valence-corrected chi connectivity index (χ2v) is 10.8. The Labute approximate surface area is 236 Å². The highest BCUT2D eigenvalue weighted by Crippen LogP contribution is 2.34. The fraction of sp³-hybridized carbons (Fsp3) is 0.387. The van der Waals surface area contributed by atoms with E-state index in [-0.39, 0.29) is 30.2 Å². The summed E-state index contributed by atoms with van der Waals surface area (Å²) < 4.78 is 40.7. The number of nitrogens with zero attached hydrogens (tertiary/aromatic N) is 4. The smallest absolute Gasteiger partial charge is 0.336 e. The van der Waals surface area contributed by atoms with Gasteiger partial charge in [-0.3, -0.25) is 4.90 Å². The number of benzene rings is 2. The average molecular weight is 563 g/mol. The maximum Gasteiger partial charge on any atom is 0.336 e. The molecule has 2 atom stereocenters. The zero-order valence-corrected chi connectivity index (χ0v) is 22.8. The lowest BCUT2D eigenvalue weighted by molar-refractivity contribution is -0.0586. The first-order valence-corrected chi connectivity index (χ1v) is 14.0. The maximum absolute atomic E-state index is 14.0. The van der Waals surface area contributed by atoms with E-state index in [2.05, 4.69) is 14.9 Å². The van der Waals surface area contributed by atoms with Crippen molar-refractivity contribution in [2.75, 3.05) is 19.7 Å². The van der Waals surface area contributed by atoms with Crippen LogP contribution in [0.5, 0.6) is 5.88 Å². The number of likely N-dealkylation sites (tertiary alicyclic amines) is 1. The Morgan fingerprint density at radius 2 is 1.95 bits per heavy atom. The molecule has 2 saturated heterocycles. The molecule has 8 nitrogen and oxygen atoms in total. The van der Waals surface area contributed by atoms with E-state index in [1.807, 2.05) is 29.7 Å². The third kappa shape index (κ3) is 5.80.